The molecule has 1 atom stereocenters. The molecule has 3 amide bonds. The second-order valence-electron chi connectivity index (χ2n) is 5.50. The first-order valence-corrected chi connectivity index (χ1v) is 8.16. The number of amides is 3. The maximum atomic E-state index is 12.9. The van der Waals surface area contributed by atoms with Crippen molar-refractivity contribution >= 4 is 17.6 Å². The van der Waals surface area contributed by atoms with Crippen LogP contribution in [-0.4, -0.2) is 30.1 Å². The van der Waals surface area contributed by atoms with E-state index in [0.29, 0.717) is 12.2 Å². The number of nitrogens with one attached hydrogen (secondary N) is 3. The smallest absolute Gasteiger partial charge is 0.319 e. The Morgan fingerprint density at radius 3 is 2.54 bits per heavy atom. The van der Waals surface area contributed by atoms with Gasteiger partial charge in [0.2, 0.25) is 5.88 Å². The van der Waals surface area contributed by atoms with E-state index in [4.69, 9.17) is 4.74 Å². The number of aromatic nitrogens is 1. The summed E-state index contributed by atoms with van der Waals surface area (Å²) >= 11 is 0. The molecule has 3 N–H and O–H groups in total. The van der Waals surface area contributed by atoms with Gasteiger partial charge in [0.1, 0.15) is 5.82 Å². The summed E-state index contributed by atoms with van der Waals surface area (Å²) in [5.74, 6) is -0.393. The molecule has 0 aliphatic heterocycles. The normalized spacial score (nSPS) is 11.3. The fourth-order valence-corrected chi connectivity index (χ4v) is 2.13. The van der Waals surface area contributed by atoms with Gasteiger partial charge in [0.05, 0.1) is 17.9 Å². The number of anilines is 1. The van der Waals surface area contributed by atoms with Crippen LogP contribution in [0.4, 0.5) is 14.9 Å². The van der Waals surface area contributed by atoms with Crippen molar-refractivity contribution in [2.45, 2.75) is 19.9 Å². The molecule has 0 spiro atoms. The van der Waals surface area contributed by atoms with Crippen LogP contribution in [0, 0.1) is 5.82 Å². The number of hydrogen-bond donors (Lipinski definition) is 3. The summed E-state index contributed by atoms with van der Waals surface area (Å²) in [6.07, 6.45) is 1.43. The molecule has 0 aliphatic rings. The van der Waals surface area contributed by atoms with Crippen LogP contribution in [0.25, 0.3) is 0 Å². The van der Waals surface area contributed by atoms with E-state index >= 15 is 0 Å². The maximum Gasteiger partial charge on any atom is 0.319 e. The molecule has 7 nitrogen and oxygen atoms in total. The monoisotopic (exact) mass is 360 g/mol. The lowest BCUT2D eigenvalue weighted by atomic mass is 10.1. The molecular formula is C18H21FN4O3. The molecule has 26 heavy (non-hydrogen) atoms. The Labute approximate surface area is 151 Å². The Kier molecular flexibility index (Phi) is 6.90. The standard InChI is InChI=1S/C18H21FN4O3/c1-3-20-18(25)23-15-8-9-17(21-10-15)26-11-16(24)22-12(2)13-4-6-14(19)7-5-13/h4-10,12H,3,11H2,1-2H3,(H,22,24)(H2,20,23,25)/t12-/m1/s1. The van der Waals surface area contributed by atoms with Gasteiger partial charge in [0, 0.05) is 12.6 Å². The molecule has 0 fully saturated rings. The van der Waals surface area contributed by atoms with Crippen LogP contribution >= 0.6 is 0 Å². The van der Waals surface area contributed by atoms with E-state index in [9.17, 15) is 14.0 Å². The van der Waals surface area contributed by atoms with E-state index < -0.39 is 0 Å². The summed E-state index contributed by atoms with van der Waals surface area (Å²) in [5, 5.41) is 7.97. The number of carbonyl (C=O) groups excluding carboxylic acids is 2. The summed E-state index contributed by atoms with van der Waals surface area (Å²) in [7, 11) is 0. The maximum absolute atomic E-state index is 12.9. The summed E-state index contributed by atoms with van der Waals surface area (Å²) in [4.78, 5) is 27.4. The van der Waals surface area contributed by atoms with E-state index in [1.54, 1.807) is 31.2 Å². The highest BCUT2D eigenvalue weighted by Gasteiger charge is 2.10. The Hall–Kier alpha value is -3.16. The van der Waals surface area contributed by atoms with Crippen molar-refractivity contribution in [3.05, 3.63) is 54.0 Å². The lowest BCUT2D eigenvalue weighted by Crippen LogP contribution is -2.31. The Balaban J connectivity index is 1.79. The highest BCUT2D eigenvalue weighted by molar-refractivity contribution is 5.88. The van der Waals surface area contributed by atoms with Crippen molar-refractivity contribution in [2.75, 3.05) is 18.5 Å². The van der Waals surface area contributed by atoms with Crippen LogP contribution in [0.1, 0.15) is 25.5 Å². The average molecular weight is 360 g/mol. The minimum atomic E-state index is -0.327. The number of ether oxygens (including phenoxy) is 1. The lowest BCUT2D eigenvalue weighted by Gasteiger charge is -2.14. The topological polar surface area (TPSA) is 92.4 Å². The zero-order valence-electron chi connectivity index (χ0n) is 14.6. The molecule has 0 radical (unpaired) electrons. The average Bonchev–Trinajstić information content (AvgIpc) is 2.62. The van der Waals surface area contributed by atoms with E-state index in [1.165, 1.54) is 18.3 Å². The molecular weight excluding hydrogens is 339 g/mol. The molecule has 0 saturated heterocycles. The van der Waals surface area contributed by atoms with E-state index in [0.717, 1.165) is 5.56 Å². The van der Waals surface area contributed by atoms with Gasteiger partial charge in [-0.15, -0.1) is 0 Å². The van der Waals surface area contributed by atoms with Gasteiger partial charge in [-0.05, 0) is 37.6 Å². The van der Waals surface area contributed by atoms with Crippen molar-refractivity contribution < 1.29 is 18.7 Å². The zero-order valence-corrected chi connectivity index (χ0v) is 14.6. The minimum Gasteiger partial charge on any atom is -0.468 e. The van der Waals surface area contributed by atoms with E-state index in [2.05, 4.69) is 20.9 Å². The van der Waals surface area contributed by atoms with E-state index in [1.807, 2.05) is 6.92 Å². The number of hydrogen-bond acceptors (Lipinski definition) is 4. The molecule has 0 unspecified atom stereocenters. The fraction of sp³-hybridized carbons (Fsp3) is 0.278. The van der Waals surface area contributed by atoms with Gasteiger partial charge in [-0.25, -0.2) is 14.2 Å². The molecule has 1 aromatic carbocycles. The van der Waals surface area contributed by atoms with Crippen LogP contribution in [0.3, 0.4) is 0 Å². The molecule has 8 heteroatoms. The van der Waals surface area contributed by atoms with Crippen molar-refractivity contribution in [1.29, 1.82) is 0 Å². The SMILES string of the molecule is CCNC(=O)Nc1ccc(OCC(=O)N[C@H](C)c2ccc(F)cc2)nc1. The largest absolute Gasteiger partial charge is 0.468 e. The molecule has 0 saturated carbocycles. The van der Waals surface area contributed by atoms with Crippen LogP contribution in [-0.2, 0) is 4.79 Å². The second-order valence-corrected chi connectivity index (χ2v) is 5.50. The number of nitrogens with zero attached hydrogens (tertiary/aromatic N) is 1. The quantitative estimate of drug-likeness (QED) is 0.708. The number of urea groups is 1. The number of carbonyl (C=O) groups is 2. The number of rotatable bonds is 7. The number of pyridine rings is 1. The molecule has 0 aliphatic carbocycles. The second kappa shape index (κ2) is 9.36. The first-order chi connectivity index (χ1) is 12.5. The van der Waals surface area contributed by atoms with Crippen LogP contribution in [0.5, 0.6) is 5.88 Å². The van der Waals surface area contributed by atoms with Crippen LogP contribution in [0.15, 0.2) is 42.6 Å². The summed E-state index contributed by atoms with van der Waals surface area (Å²) < 4.78 is 18.2. The lowest BCUT2D eigenvalue weighted by molar-refractivity contribution is -0.123. The van der Waals surface area contributed by atoms with Crippen LogP contribution < -0.4 is 20.7 Å². The van der Waals surface area contributed by atoms with Gasteiger partial charge in [-0.3, -0.25) is 4.79 Å². The predicted molar refractivity (Wildman–Crippen MR) is 95.4 cm³/mol. The van der Waals surface area contributed by atoms with Gasteiger partial charge in [0.15, 0.2) is 6.61 Å². The van der Waals surface area contributed by atoms with Crippen molar-refractivity contribution in [3.63, 3.8) is 0 Å². The predicted octanol–water partition coefficient (Wildman–Crippen LogP) is 2.62. The summed E-state index contributed by atoms with van der Waals surface area (Å²) in [5.41, 5.74) is 1.30. The van der Waals surface area contributed by atoms with Crippen molar-refractivity contribution in [2.24, 2.45) is 0 Å². The molecule has 1 heterocycles. The summed E-state index contributed by atoms with van der Waals surface area (Å²) in [6, 6.07) is 8.49. The highest BCUT2D eigenvalue weighted by atomic mass is 19.1. The van der Waals surface area contributed by atoms with Gasteiger partial charge in [-0.2, -0.15) is 0 Å². The van der Waals surface area contributed by atoms with Gasteiger partial charge in [0.25, 0.3) is 5.91 Å². The first-order valence-electron chi connectivity index (χ1n) is 8.16. The van der Waals surface area contributed by atoms with E-state index in [-0.39, 0.29) is 36.3 Å². The summed E-state index contributed by atoms with van der Waals surface area (Å²) in [6.45, 7) is 3.93. The third-order valence-corrected chi connectivity index (χ3v) is 3.43. The minimum absolute atomic E-state index is 0.207. The van der Waals surface area contributed by atoms with Crippen molar-refractivity contribution in [1.82, 2.24) is 15.6 Å². The van der Waals surface area contributed by atoms with Gasteiger partial charge in [-0.1, -0.05) is 12.1 Å². The molecule has 2 aromatic rings. The van der Waals surface area contributed by atoms with Crippen molar-refractivity contribution in [3.8, 4) is 5.88 Å². The number of benzene rings is 1. The Morgan fingerprint density at radius 1 is 1.19 bits per heavy atom. The Morgan fingerprint density at radius 2 is 1.92 bits per heavy atom. The molecule has 138 valence electrons. The molecule has 0 bridgehead atoms. The van der Waals surface area contributed by atoms with Gasteiger partial charge < -0.3 is 20.7 Å². The highest BCUT2D eigenvalue weighted by Crippen LogP contribution is 2.13. The zero-order chi connectivity index (χ0) is 18.9. The van der Waals surface area contributed by atoms with Crippen LogP contribution in [0.2, 0.25) is 0 Å². The molecule has 2 rings (SSSR count). The third-order valence-electron chi connectivity index (χ3n) is 3.43. The molecule has 1 aromatic heterocycles. The Bertz CT molecular complexity index is 735. The number of halogens is 1. The fourth-order valence-electron chi connectivity index (χ4n) is 2.13. The first kappa shape index (κ1) is 19.2. The third kappa shape index (κ3) is 6.04. The van der Waals surface area contributed by atoms with Gasteiger partial charge >= 0.3 is 6.03 Å².